The Bertz CT molecular complexity index is 341. The van der Waals surface area contributed by atoms with Crippen LogP contribution in [0.2, 0.25) is 0 Å². The average molecular weight is 202 g/mol. The largest absolute Gasteiger partial charge is 0.486 e. The number of para-hydroxylation sites is 1. The molecule has 0 saturated carbocycles. The molecule has 80 valence electrons. The van der Waals surface area contributed by atoms with Gasteiger partial charge < -0.3 is 4.74 Å². The highest BCUT2D eigenvalue weighted by atomic mass is 16.5. The first-order valence-electron chi connectivity index (χ1n) is 5.84. The molecule has 1 aliphatic heterocycles. The maximum Gasteiger partial charge on any atom is 0.127 e. The molecule has 0 fully saturated rings. The molecule has 0 aliphatic carbocycles. The molecule has 2 rings (SSSR count). The van der Waals surface area contributed by atoms with Crippen molar-refractivity contribution in [2.24, 2.45) is 0 Å². The van der Waals surface area contributed by atoms with Crippen molar-refractivity contribution in [3.8, 4) is 5.75 Å². The molecule has 1 nitrogen and oxygen atoms in total. The molecule has 0 bridgehead atoms. The van der Waals surface area contributed by atoms with Crippen LogP contribution in [0.1, 0.15) is 38.2 Å². The number of ether oxygens (including phenoxy) is 1. The van der Waals surface area contributed by atoms with E-state index in [4.69, 9.17) is 4.74 Å². The number of hydrogen-bond acceptors (Lipinski definition) is 1. The summed E-state index contributed by atoms with van der Waals surface area (Å²) in [5.74, 6) is 1.03. The van der Waals surface area contributed by atoms with Crippen molar-refractivity contribution in [3.05, 3.63) is 35.9 Å². The van der Waals surface area contributed by atoms with Gasteiger partial charge in [0, 0.05) is 5.56 Å². The van der Waals surface area contributed by atoms with E-state index in [1.54, 1.807) is 0 Å². The van der Waals surface area contributed by atoms with Crippen molar-refractivity contribution in [1.29, 1.82) is 0 Å². The highest BCUT2D eigenvalue weighted by Gasteiger charge is 2.12. The van der Waals surface area contributed by atoms with Gasteiger partial charge in [-0.15, -0.1) is 0 Å². The predicted octanol–water partition coefficient (Wildman–Crippen LogP) is 4.04. The fraction of sp³-hybridized carbons (Fsp3) is 0.429. The molecule has 0 radical (unpaired) electrons. The smallest absolute Gasteiger partial charge is 0.127 e. The van der Waals surface area contributed by atoms with E-state index in [0.717, 1.165) is 12.2 Å². The van der Waals surface area contributed by atoms with E-state index in [1.807, 2.05) is 18.2 Å². The van der Waals surface area contributed by atoms with Crippen molar-refractivity contribution in [3.63, 3.8) is 0 Å². The van der Waals surface area contributed by atoms with Crippen LogP contribution in [0.3, 0.4) is 0 Å². The third kappa shape index (κ3) is 2.62. The summed E-state index contributed by atoms with van der Waals surface area (Å²) in [6.07, 6.45) is 9.61. The molecule has 1 aliphatic rings. The third-order valence-electron chi connectivity index (χ3n) is 2.78. The molecule has 0 spiro atoms. The lowest BCUT2D eigenvalue weighted by atomic mass is 10.1. The second kappa shape index (κ2) is 5.01. The molecule has 1 heterocycles. The van der Waals surface area contributed by atoms with E-state index in [1.165, 1.54) is 24.8 Å². The Hall–Kier alpha value is -1.24. The number of hydrogen-bond donors (Lipinski definition) is 0. The molecule has 1 atom stereocenters. The Kier molecular flexibility index (Phi) is 3.44. The van der Waals surface area contributed by atoms with Gasteiger partial charge in [0.25, 0.3) is 0 Å². The van der Waals surface area contributed by atoms with Crippen molar-refractivity contribution in [2.45, 2.75) is 38.7 Å². The lowest BCUT2D eigenvalue weighted by molar-refractivity contribution is 0.230. The highest BCUT2D eigenvalue weighted by molar-refractivity contribution is 5.59. The minimum Gasteiger partial charge on any atom is -0.486 e. The topological polar surface area (TPSA) is 9.23 Å². The van der Waals surface area contributed by atoms with Crippen molar-refractivity contribution < 1.29 is 4.74 Å². The summed E-state index contributed by atoms with van der Waals surface area (Å²) in [5, 5.41) is 0. The average Bonchev–Trinajstić information content (AvgIpc) is 2.29. The summed E-state index contributed by atoms with van der Waals surface area (Å²) in [6, 6.07) is 8.21. The van der Waals surface area contributed by atoms with Crippen LogP contribution in [0.15, 0.2) is 30.3 Å². The lowest BCUT2D eigenvalue weighted by Crippen LogP contribution is -2.16. The summed E-state index contributed by atoms with van der Waals surface area (Å²) in [5.41, 5.74) is 1.20. The number of rotatable bonds is 4. The predicted molar refractivity (Wildman–Crippen MR) is 64.0 cm³/mol. The maximum atomic E-state index is 5.89. The minimum atomic E-state index is 0.284. The molecule has 1 aromatic carbocycles. The molecule has 0 unspecified atom stereocenters. The van der Waals surface area contributed by atoms with E-state index in [9.17, 15) is 0 Å². The summed E-state index contributed by atoms with van der Waals surface area (Å²) in [4.78, 5) is 0. The summed E-state index contributed by atoms with van der Waals surface area (Å²) >= 11 is 0. The van der Waals surface area contributed by atoms with Gasteiger partial charge in [0.2, 0.25) is 0 Å². The highest BCUT2D eigenvalue weighted by Crippen LogP contribution is 2.26. The van der Waals surface area contributed by atoms with Gasteiger partial charge in [0.1, 0.15) is 11.9 Å². The molecule has 0 aromatic heterocycles. The van der Waals surface area contributed by atoms with Gasteiger partial charge in [-0.25, -0.2) is 0 Å². The second-order valence-corrected chi connectivity index (χ2v) is 4.05. The van der Waals surface area contributed by atoms with Gasteiger partial charge >= 0.3 is 0 Å². The van der Waals surface area contributed by atoms with Gasteiger partial charge in [0.15, 0.2) is 0 Å². The molecule has 15 heavy (non-hydrogen) atoms. The summed E-state index contributed by atoms with van der Waals surface area (Å²) in [6.45, 7) is 2.23. The fourth-order valence-corrected chi connectivity index (χ4v) is 1.89. The molecular weight excluding hydrogens is 184 g/mol. The van der Waals surface area contributed by atoms with E-state index in [-0.39, 0.29) is 6.10 Å². The fourth-order valence-electron chi connectivity index (χ4n) is 1.89. The second-order valence-electron chi connectivity index (χ2n) is 4.05. The standard InChI is InChI=1S/C14H18O/c1-2-3-4-8-13-11-10-12-7-5-6-9-14(12)15-13/h5-7,9-11,13H,2-4,8H2,1H3/t13-/m1/s1. The first-order valence-corrected chi connectivity index (χ1v) is 5.84. The van der Waals surface area contributed by atoms with Gasteiger partial charge in [0.05, 0.1) is 0 Å². The molecule has 0 amide bonds. The first kappa shape index (κ1) is 10.3. The van der Waals surface area contributed by atoms with Crippen molar-refractivity contribution >= 4 is 6.08 Å². The van der Waals surface area contributed by atoms with Gasteiger partial charge in [-0.05, 0) is 25.0 Å². The van der Waals surface area contributed by atoms with Gasteiger partial charge in [-0.1, -0.05) is 44.0 Å². The van der Waals surface area contributed by atoms with Crippen LogP contribution in [0.5, 0.6) is 5.75 Å². The van der Waals surface area contributed by atoms with E-state index >= 15 is 0 Å². The van der Waals surface area contributed by atoms with Gasteiger partial charge in [-0.3, -0.25) is 0 Å². The first-order chi connectivity index (χ1) is 7.40. The molecule has 1 aromatic rings. The Morgan fingerprint density at radius 1 is 1.20 bits per heavy atom. The van der Waals surface area contributed by atoms with E-state index < -0.39 is 0 Å². The third-order valence-corrected chi connectivity index (χ3v) is 2.78. The monoisotopic (exact) mass is 202 g/mol. The van der Waals surface area contributed by atoms with Crippen molar-refractivity contribution in [2.75, 3.05) is 0 Å². The Balaban J connectivity index is 1.94. The minimum absolute atomic E-state index is 0.284. The SMILES string of the molecule is CCCCC[C@@H]1C=Cc2ccccc2O1. The van der Waals surface area contributed by atoms with E-state index in [0.29, 0.717) is 0 Å². The number of unbranched alkanes of at least 4 members (excludes halogenated alkanes) is 2. The quantitative estimate of drug-likeness (QED) is 0.669. The van der Waals surface area contributed by atoms with Crippen LogP contribution in [-0.2, 0) is 0 Å². The van der Waals surface area contributed by atoms with Crippen molar-refractivity contribution in [1.82, 2.24) is 0 Å². The summed E-state index contributed by atoms with van der Waals surface area (Å²) in [7, 11) is 0. The zero-order valence-electron chi connectivity index (χ0n) is 9.28. The molecular formula is C14H18O. The molecule has 0 N–H and O–H groups in total. The van der Waals surface area contributed by atoms with Gasteiger partial charge in [-0.2, -0.15) is 0 Å². The van der Waals surface area contributed by atoms with Crippen LogP contribution < -0.4 is 4.74 Å². The van der Waals surface area contributed by atoms with E-state index in [2.05, 4.69) is 25.1 Å². The summed E-state index contributed by atoms with van der Waals surface area (Å²) < 4.78 is 5.89. The Morgan fingerprint density at radius 3 is 2.93 bits per heavy atom. The molecule has 1 heteroatoms. The zero-order valence-corrected chi connectivity index (χ0v) is 9.28. The van der Waals surface area contributed by atoms with Crippen LogP contribution >= 0.6 is 0 Å². The number of benzene rings is 1. The van der Waals surface area contributed by atoms with Crippen LogP contribution in [0.25, 0.3) is 6.08 Å². The Labute approximate surface area is 91.8 Å². The van der Waals surface area contributed by atoms with Crippen LogP contribution in [0.4, 0.5) is 0 Å². The van der Waals surface area contributed by atoms with Crippen LogP contribution in [0, 0.1) is 0 Å². The molecule has 0 saturated heterocycles. The van der Waals surface area contributed by atoms with Crippen LogP contribution in [-0.4, -0.2) is 6.10 Å². The zero-order chi connectivity index (χ0) is 10.5. The lowest BCUT2D eigenvalue weighted by Gasteiger charge is -2.21. The Morgan fingerprint density at radius 2 is 2.07 bits per heavy atom. The maximum absolute atomic E-state index is 5.89. The number of fused-ring (bicyclic) bond motifs is 1. The normalized spacial score (nSPS) is 18.3.